The van der Waals surface area contributed by atoms with Crippen LogP contribution in [-0.2, 0) is 4.79 Å². The number of carboxylic acid groups (broad SMARTS) is 1. The van der Waals surface area contributed by atoms with Crippen LogP contribution in [0.15, 0.2) is 24.4 Å². The van der Waals surface area contributed by atoms with Crippen LogP contribution in [0.3, 0.4) is 0 Å². The molecule has 1 N–H and O–H groups in total. The van der Waals surface area contributed by atoms with E-state index in [1.54, 1.807) is 13.3 Å². The summed E-state index contributed by atoms with van der Waals surface area (Å²) in [7, 11) is 5.40. The van der Waals surface area contributed by atoms with E-state index in [0.29, 0.717) is 24.2 Å². The zero-order chi connectivity index (χ0) is 26.4. The number of ether oxygens (including phenoxy) is 1. The van der Waals surface area contributed by atoms with Crippen molar-refractivity contribution >= 4 is 22.6 Å². The Balaban J connectivity index is 1.45. The molecular formula is C30H44FN3O3. The normalized spacial score (nSPS) is 19.6. The Kier molecular flexibility index (Phi) is 9.27. The Morgan fingerprint density at radius 2 is 1.97 bits per heavy atom. The maximum atomic E-state index is 16.1. The molecule has 0 unspecified atom stereocenters. The van der Waals surface area contributed by atoms with Crippen LogP contribution >= 0.6 is 0 Å². The number of piperidine rings is 1. The van der Waals surface area contributed by atoms with Gasteiger partial charge in [0.15, 0.2) is 0 Å². The summed E-state index contributed by atoms with van der Waals surface area (Å²) in [5, 5.41) is 10.5. The molecule has 1 aromatic heterocycles. The molecular weight excluding hydrogens is 469 g/mol. The van der Waals surface area contributed by atoms with Crippen molar-refractivity contribution in [3.05, 3.63) is 30.0 Å². The van der Waals surface area contributed by atoms with Crippen LogP contribution < -0.4 is 9.64 Å². The molecule has 1 aromatic carbocycles. The highest BCUT2D eigenvalue weighted by Crippen LogP contribution is 2.44. The molecule has 204 valence electrons. The Hall–Kier alpha value is -2.41. The molecule has 0 amide bonds. The Labute approximate surface area is 221 Å². The standard InChI is InChI=1S/C30H44FN3O3/c1-33(2)27-21-32-26-10-9-23(37-3)19-24(26)29(27)25(31)11-13-30(20-28(35)36)14-17-34(18-15-30)16-12-22-7-5-4-6-8-22/h9-10,19,21-22,25H,4-8,11-18,20H2,1-3H3,(H,35,36)/t25-/m0/s1. The number of carbonyl (C=O) groups is 1. The fraction of sp³-hybridized carbons (Fsp3) is 0.667. The minimum Gasteiger partial charge on any atom is -0.497 e. The van der Waals surface area contributed by atoms with Gasteiger partial charge >= 0.3 is 5.97 Å². The molecule has 2 aromatic rings. The summed E-state index contributed by atoms with van der Waals surface area (Å²) in [6, 6.07) is 5.56. The number of nitrogens with zero attached hydrogens (tertiary/aromatic N) is 3. The van der Waals surface area contributed by atoms with Gasteiger partial charge in [-0.2, -0.15) is 0 Å². The van der Waals surface area contributed by atoms with E-state index in [9.17, 15) is 9.90 Å². The van der Waals surface area contributed by atoms with Crippen LogP contribution in [0.4, 0.5) is 10.1 Å². The summed E-state index contributed by atoms with van der Waals surface area (Å²) in [5.74, 6) is 0.743. The van der Waals surface area contributed by atoms with Gasteiger partial charge in [0.05, 0.1) is 30.9 Å². The van der Waals surface area contributed by atoms with Gasteiger partial charge in [0.25, 0.3) is 0 Å². The Bertz CT molecular complexity index is 1050. The number of methoxy groups -OCH3 is 1. The molecule has 7 heteroatoms. The molecule has 1 atom stereocenters. The fourth-order valence-electron chi connectivity index (χ4n) is 6.50. The van der Waals surface area contributed by atoms with Gasteiger partial charge in [-0.25, -0.2) is 4.39 Å². The molecule has 0 spiro atoms. The largest absolute Gasteiger partial charge is 0.497 e. The van der Waals surface area contributed by atoms with Crippen LogP contribution in [-0.4, -0.2) is 61.8 Å². The maximum absolute atomic E-state index is 16.1. The maximum Gasteiger partial charge on any atom is 0.303 e. The number of rotatable bonds is 11. The number of benzene rings is 1. The molecule has 4 rings (SSSR count). The lowest BCUT2D eigenvalue weighted by Crippen LogP contribution is -2.42. The topological polar surface area (TPSA) is 65.9 Å². The van der Waals surface area contributed by atoms with E-state index in [1.807, 2.05) is 37.2 Å². The van der Waals surface area contributed by atoms with E-state index in [4.69, 9.17) is 4.74 Å². The third-order valence-corrected chi connectivity index (χ3v) is 8.84. The van der Waals surface area contributed by atoms with E-state index in [1.165, 1.54) is 38.5 Å². The predicted molar refractivity (Wildman–Crippen MR) is 147 cm³/mol. The number of aromatic nitrogens is 1. The monoisotopic (exact) mass is 513 g/mol. The SMILES string of the molecule is COc1ccc2ncc(N(C)C)c([C@@H](F)CCC3(CC(=O)O)CCN(CCC4CCCCC4)CC3)c2c1. The van der Waals surface area contributed by atoms with Crippen molar-refractivity contribution in [2.75, 3.05) is 45.7 Å². The van der Waals surface area contributed by atoms with E-state index in [0.717, 1.165) is 55.0 Å². The molecule has 1 saturated carbocycles. The number of hydrogen-bond acceptors (Lipinski definition) is 5. The average Bonchev–Trinajstić information content (AvgIpc) is 2.90. The van der Waals surface area contributed by atoms with Crippen LogP contribution in [0.5, 0.6) is 5.75 Å². The van der Waals surface area contributed by atoms with Crippen LogP contribution in [0, 0.1) is 11.3 Å². The Morgan fingerprint density at radius 1 is 1.24 bits per heavy atom. The molecule has 1 aliphatic carbocycles. The first-order valence-corrected chi connectivity index (χ1v) is 14.0. The third kappa shape index (κ3) is 6.92. The van der Waals surface area contributed by atoms with Crippen molar-refractivity contribution in [3.8, 4) is 5.75 Å². The highest BCUT2D eigenvalue weighted by atomic mass is 19.1. The number of alkyl halides is 1. The molecule has 37 heavy (non-hydrogen) atoms. The minimum absolute atomic E-state index is 0.113. The molecule has 1 saturated heterocycles. The number of hydrogen-bond donors (Lipinski definition) is 1. The van der Waals surface area contributed by atoms with Gasteiger partial charge in [-0.1, -0.05) is 32.1 Å². The van der Waals surface area contributed by atoms with Crippen molar-refractivity contribution in [2.45, 2.75) is 76.8 Å². The number of pyridine rings is 1. The second kappa shape index (κ2) is 12.4. The van der Waals surface area contributed by atoms with E-state index >= 15 is 4.39 Å². The van der Waals surface area contributed by atoms with Gasteiger partial charge in [0.1, 0.15) is 11.9 Å². The minimum atomic E-state index is -1.22. The first-order chi connectivity index (χ1) is 17.8. The molecule has 6 nitrogen and oxygen atoms in total. The van der Waals surface area contributed by atoms with E-state index in [2.05, 4.69) is 9.88 Å². The zero-order valence-electron chi connectivity index (χ0n) is 22.8. The van der Waals surface area contributed by atoms with Gasteiger partial charge in [-0.05, 0) is 81.3 Å². The second-order valence-electron chi connectivity index (χ2n) is 11.5. The molecule has 1 aliphatic heterocycles. The van der Waals surface area contributed by atoms with Gasteiger partial charge in [0.2, 0.25) is 0 Å². The highest BCUT2D eigenvalue weighted by Gasteiger charge is 2.37. The van der Waals surface area contributed by atoms with E-state index < -0.39 is 12.1 Å². The van der Waals surface area contributed by atoms with Crippen LogP contribution in [0.25, 0.3) is 10.9 Å². The van der Waals surface area contributed by atoms with Gasteiger partial charge < -0.3 is 19.6 Å². The van der Waals surface area contributed by atoms with Crippen molar-refractivity contribution in [1.29, 1.82) is 0 Å². The predicted octanol–water partition coefficient (Wildman–Crippen LogP) is 6.63. The number of carboxylic acids is 1. The lowest BCUT2D eigenvalue weighted by Gasteiger charge is -2.42. The van der Waals surface area contributed by atoms with Crippen molar-refractivity contribution in [2.24, 2.45) is 11.3 Å². The summed E-state index contributed by atoms with van der Waals surface area (Å²) in [4.78, 5) is 20.8. The summed E-state index contributed by atoms with van der Waals surface area (Å²) in [5.41, 5.74) is 1.74. The first kappa shape index (κ1) is 27.6. The summed E-state index contributed by atoms with van der Waals surface area (Å²) in [6.45, 7) is 2.93. The van der Waals surface area contributed by atoms with Crippen molar-refractivity contribution < 1.29 is 19.0 Å². The fourth-order valence-corrected chi connectivity index (χ4v) is 6.50. The smallest absolute Gasteiger partial charge is 0.303 e. The number of aliphatic carboxylic acids is 1. The molecule has 2 fully saturated rings. The lowest BCUT2D eigenvalue weighted by molar-refractivity contribution is -0.141. The lowest BCUT2D eigenvalue weighted by atomic mass is 9.71. The van der Waals surface area contributed by atoms with E-state index in [-0.39, 0.29) is 11.8 Å². The zero-order valence-corrected chi connectivity index (χ0v) is 22.8. The number of fused-ring (bicyclic) bond motifs is 1. The molecule has 0 radical (unpaired) electrons. The highest BCUT2D eigenvalue weighted by molar-refractivity contribution is 5.88. The molecule has 2 heterocycles. The Morgan fingerprint density at radius 3 is 2.62 bits per heavy atom. The summed E-state index contributed by atoms with van der Waals surface area (Å²) < 4.78 is 21.5. The number of anilines is 1. The molecule has 0 bridgehead atoms. The third-order valence-electron chi connectivity index (χ3n) is 8.84. The van der Waals surface area contributed by atoms with Gasteiger partial charge in [0, 0.05) is 25.0 Å². The second-order valence-corrected chi connectivity index (χ2v) is 11.5. The summed E-state index contributed by atoms with van der Waals surface area (Å²) >= 11 is 0. The number of likely N-dealkylation sites (tertiary alicyclic amines) is 1. The van der Waals surface area contributed by atoms with Crippen LogP contribution in [0.2, 0.25) is 0 Å². The van der Waals surface area contributed by atoms with Crippen LogP contribution in [0.1, 0.15) is 82.4 Å². The summed E-state index contributed by atoms with van der Waals surface area (Å²) in [6.07, 6.45) is 11.2. The quantitative estimate of drug-likeness (QED) is 0.364. The average molecular weight is 514 g/mol. The van der Waals surface area contributed by atoms with Crippen molar-refractivity contribution in [1.82, 2.24) is 9.88 Å². The molecule has 2 aliphatic rings. The van der Waals surface area contributed by atoms with Gasteiger partial charge in [-0.15, -0.1) is 0 Å². The first-order valence-electron chi connectivity index (χ1n) is 14.0. The van der Waals surface area contributed by atoms with Gasteiger partial charge in [-0.3, -0.25) is 9.78 Å². The number of halogens is 1. The van der Waals surface area contributed by atoms with Crippen molar-refractivity contribution in [3.63, 3.8) is 0 Å².